The molecule has 0 aliphatic heterocycles. The molecule has 0 atom stereocenters. The van der Waals surface area contributed by atoms with Gasteiger partial charge in [0.1, 0.15) is 6.61 Å². The second-order valence-corrected chi connectivity index (χ2v) is 3.40. The van der Waals surface area contributed by atoms with E-state index in [1.165, 1.54) is 0 Å². The molecular formula is C10H20N2O4. The van der Waals surface area contributed by atoms with Gasteiger partial charge in [0.15, 0.2) is 0 Å². The summed E-state index contributed by atoms with van der Waals surface area (Å²) in [5.41, 5.74) is 5.19. The van der Waals surface area contributed by atoms with Crippen molar-refractivity contribution in [1.82, 2.24) is 5.32 Å². The number of amides is 1. The van der Waals surface area contributed by atoms with E-state index in [4.69, 9.17) is 15.6 Å². The molecule has 0 heterocycles. The van der Waals surface area contributed by atoms with Crippen LogP contribution in [0.4, 0.5) is 0 Å². The number of aliphatic carboxylic acids is 1. The summed E-state index contributed by atoms with van der Waals surface area (Å²) in [6.45, 7) is 1.38. The Bertz CT molecular complexity index is 209. The Morgan fingerprint density at radius 1 is 1.25 bits per heavy atom. The van der Waals surface area contributed by atoms with E-state index in [2.05, 4.69) is 5.32 Å². The average molecular weight is 232 g/mol. The molecule has 0 aliphatic rings. The Morgan fingerprint density at radius 3 is 2.62 bits per heavy atom. The molecule has 0 unspecified atom stereocenters. The van der Waals surface area contributed by atoms with Crippen LogP contribution in [0.25, 0.3) is 0 Å². The number of carbonyl (C=O) groups is 2. The van der Waals surface area contributed by atoms with Crippen LogP contribution >= 0.6 is 0 Å². The zero-order chi connectivity index (χ0) is 12.2. The molecule has 0 aromatic carbocycles. The summed E-state index contributed by atoms with van der Waals surface area (Å²) in [6.07, 6.45) is 2.43. The Kier molecular flexibility index (Phi) is 9.64. The van der Waals surface area contributed by atoms with Gasteiger partial charge in [0.2, 0.25) is 5.91 Å². The molecule has 0 aromatic rings. The highest BCUT2D eigenvalue weighted by Crippen LogP contribution is 1.98. The predicted molar refractivity (Wildman–Crippen MR) is 59.0 cm³/mol. The largest absolute Gasteiger partial charge is 0.481 e. The number of ether oxygens (including phenoxy) is 1. The first kappa shape index (κ1) is 14.9. The van der Waals surface area contributed by atoms with Gasteiger partial charge in [0.25, 0.3) is 0 Å². The number of nitrogens with two attached hydrogens (primary N) is 1. The molecule has 0 radical (unpaired) electrons. The number of rotatable bonds is 10. The zero-order valence-corrected chi connectivity index (χ0v) is 9.41. The van der Waals surface area contributed by atoms with Gasteiger partial charge in [-0.2, -0.15) is 0 Å². The van der Waals surface area contributed by atoms with E-state index >= 15 is 0 Å². The minimum absolute atomic E-state index is 0.0341. The van der Waals surface area contributed by atoms with E-state index in [1.807, 2.05) is 0 Å². The first-order chi connectivity index (χ1) is 7.66. The number of unbranched alkanes of at least 4 members (excludes halogenated alkanes) is 2. The summed E-state index contributed by atoms with van der Waals surface area (Å²) in [5.74, 6) is -0.939. The topological polar surface area (TPSA) is 102 Å². The Balaban J connectivity index is 3.18. The Morgan fingerprint density at radius 2 is 2.00 bits per heavy atom. The van der Waals surface area contributed by atoms with Crippen LogP contribution in [0, 0.1) is 0 Å². The Hall–Kier alpha value is -1.14. The molecule has 6 heteroatoms. The van der Waals surface area contributed by atoms with Gasteiger partial charge in [-0.1, -0.05) is 6.42 Å². The van der Waals surface area contributed by atoms with Crippen molar-refractivity contribution in [2.24, 2.45) is 5.73 Å². The fraction of sp³-hybridized carbons (Fsp3) is 0.800. The maximum absolute atomic E-state index is 11.1. The third-order valence-corrected chi connectivity index (χ3v) is 1.88. The highest BCUT2D eigenvalue weighted by atomic mass is 16.5. The lowest BCUT2D eigenvalue weighted by Gasteiger charge is -2.05. The fourth-order valence-corrected chi connectivity index (χ4v) is 1.11. The van der Waals surface area contributed by atoms with Crippen molar-refractivity contribution in [2.45, 2.75) is 25.7 Å². The summed E-state index contributed by atoms with van der Waals surface area (Å²) in [4.78, 5) is 21.3. The van der Waals surface area contributed by atoms with E-state index in [1.54, 1.807) is 0 Å². The second kappa shape index (κ2) is 10.4. The molecule has 0 bridgehead atoms. The van der Waals surface area contributed by atoms with E-state index in [-0.39, 0.29) is 18.9 Å². The third kappa shape index (κ3) is 10.9. The standard InChI is InChI=1S/C10H20N2O4/c11-5-7-16-8-9(13)12-6-3-1-2-4-10(14)15/h1-8,11H2,(H,12,13)(H,14,15). The van der Waals surface area contributed by atoms with Crippen LogP contribution in [0.2, 0.25) is 0 Å². The lowest BCUT2D eigenvalue weighted by atomic mass is 10.2. The van der Waals surface area contributed by atoms with Gasteiger partial charge in [-0.05, 0) is 12.8 Å². The summed E-state index contributed by atoms with van der Waals surface area (Å²) >= 11 is 0. The van der Waals surface area contributed by atoms with Gasteiger partial charge in [0, 0.05) is 19.5 Å². The number of hydrogen-bond acceptors (Lipinski definition) is 4. The summed E-state index contributed by atoms with van der Waals surface area (Å²) in [6, 6.07) is 0. The molecule has 94 valence electrons. The zero-order valence-electron chi connectivity index (χ0n) is 9.41. The maximum atomic E-state index is 11.1. The first-order valence-corrected chi connectivity index (χ1v) is 5.43. The van der Waals surface area contributed by atoms with Gasteiger partial charge in [-0.3, -0.25) is 9.59 Å². The molecule has 1 amide bonds. The molecule has 0 saturated carbocycles. The van der Waals surface area contributed by atoms with E-state index in [9.17, 15) is 9.59 Å². The van der Waals surface area contributed by atoms with Crippen LogP contribution in [-0.4, -0.2) is 43.3 Å². The van der Waals surface area contributed by atoms with Crippen LogP contribution < -0.4 is 11.1 Å². The quantitative estimate of drug-likeness (QED) is 0.450. The SMILES string of the molecule is NCCOCC(=O)NCCCCCC(=O)O. The second-order valence-electron chi connectivity index (χ2n) is 3.40. The van der Waals surface area contributed by atoms with Crippen molar-refractivity contribution in [2.75, 3.05) is 26.3 Å². The van der Waals surface area contributed by atoms with Gasteiger partial charge in [-0.15, -0.1) is 0 Å². The van der Waals surface area contributed by atoms with Crippen LogP contribution in [0.15, 0.2) is 0 Å². The smallest absolute Gasteiger partial charge is 0.303 e. The van der Waals surface area contributed by atoms with Crippen molar-refractivity contribution in [3.8, 4) is 0 Å². The van der Waals surface area contributed by atoms with Crippen LogP contribution in [0.3, 0.4) is 0 Å². The molecular weight excluding hydrogens is 212 g/mol. The minimum atomic E-state index is -0.778. The minimum Gasteiger partial charge on any atom is -0.481 e. The van der Waals surface area contributed by atoms with Gasteiger partial charge in [-0.25, -0.2) is 0 Å². The van der Waals surface area contributed by atoms with Gasteiger partial charge in [0.05, 0.1) is 6.61 Å². The summed E-state index contributed by atoms with van der Waals surface area (Å²) in [7, 11) is 0. The van der Waals surface area contributed by atoms with E-state index in [0.717, 1.165) is 12.8 Å². The molecule has 0 aromatic heterocycles. The lowest BCUT2D eigenvalue weighted by Crippen LogP contribution is -2.29. The van der Waals surface area contributed by atoms with Crippen LogP contribution in [-0.2, 0) is 14.3 Å². The highest BCUT2D eigenvalue weighted by Gasteiger charge is 2.00. The van der Waals surface area contributed by atoms with E-state index in [0.29, 0.717) is 26.1 Å². The van der Waals surface area contributed by atoms with Gasteiger partial charge >= 0.3 is 5.97 Å². The summed E-state index contributed by atoms with van der Waals surface area (Å²) < 4.78 is 4.94. The van der Waals surface area contributed by atoms with Crippen molar-refractivity contribution in [3.63, 3.8) is 0 Å². The monoisotopic (exact) mass is 232 g/mol. The highest BCUT2D eigenvalue weighted by molar-refractivity contribution is 5.77. The average Bonchev–Trinajstić information content (AvgIpc) is 2.23. The predicted octanol–water partition coefficient (Wildman–Crippen LogP) is -0.277. The molecule has 16 heavy (non-hydrogen) atoms. The normalized spacial score (nSPS) is 10.1. The molecule has 0 aliphatic carbocycles. The molecule has 4 N–H and O–H groups in total. The fourth-order valence-electron chi connectivity index (χ4n) is 1.11. The molecule has 0 fully saturated rings. The molecule has 0 spiro atoms. The number of carbonyl (C=O) groups excluding carboxylic acids is 1. The number of nitrogens with one attached hydrogen (secondary N) is 1. The van der Waals surface area contributed by atoms with Crippen molar-refractivity contribution < 1.29 is 19.4 Å². The first-order valence-electron chi connectivity index (χ1n) is 5.43. The van der Waals surface area contributed by atoms with E-state index < -0.39 is 5.97 Å². The van der Waals surface area contributed by atoms with Crippen molar-refractivity contribution >= 4 is 11.9 Å². The third-order valence-electron chi connectivity index (χ3n) is 1.88. The molecule has 6 nitrogen and oxygen atoms in total. The van der Waals surface area contributed by atoms with Crippen LogP contribution in [0.5, 0.6) is 0 Å². The molecule has 0 rings (SSSR count). The maximum Gasteiger partial charge on any atom is 0.303 e. The summed E-state index contributed by atoms with van der Waals surface area (Å²) in [5, 5.41) is 11.1. The van der Waals surface area contributed by atoms with Crippen molar-refractivity contribution in [3.05, 3.63) is 0 Å². The van der Waals surface area contributed by atoms with Gasteiger partial charge < -0.3 is 20.9 Å². The molecule has 0 saturated heterocycles. The lowest BCUT2D eigenvalue weighted by molar-refractivity contribution is -0.137. The van der Waals surface area contributed by atoms with Crippen molar-refractivity contribution in [1.29, 1.82) is 0 Å². The number of carboxylic acids is 1. The Labute approximate surface area is 95.1 Å². The number of carboxylic acid groups (broad SMARTS) is 1. The van der Waals surface area contributed by atoms with Crippen LogP contribution in [0.1, 0.15) is 25.7 Å². The number of hydrogen-bond donors (Lipinski definition) is 3.